The van der Waals surface area contributed by atoms with Gasteiger partial charge in [-0.25, -0.2) is 0 Å². The molecule has 5 heteroatoms. The highest BCUT2D eigenvalue weighted by atomic mass is 32.2. The number of benzene rings is 3. The zero-order valence-corrected chi connectivity index (χ0v) is 15.3. The van der Waals surface area contributed by atoms with Gasteiger partial charge in [0.25, 0.3) is 0 Å². The first-order valence-corrected chi connectivity index (χ1v) is 9.35. The summed E-state index contributed by atoms with van der Waals surface area (Å²) in [5.41, 5.74) is 9.82. The molecule has 0 saturated carbocycles. The lowest BCUT2D eigenvalue weighted by Gasteiger charge is -2.27. The molecular formula is C20H19N3S2. The van der Waals surface area contributed by atoms with Gasteiger partial charge in [-0.1, -0.05) is 78.5 Å². The molecule has 2 N–H and O–H groups in total. The van der Waals surface area contributed by atoms with Gasteiger partial charge in [0, 0.05) is 5.75 Å². The van der Waals surface area contributed by atoms with Crippen molar-refractivity contribution < 1.29 is 0 Å². The van der Waals surface area contributed by atoms with Crippen LogP contribution >= 0.6 is 24.0 Å². The third-order valence-corrected chi connectivity index (χ3v) is 4.86. The Morgan fingerprint density at radius 1 is 0.720 bits per heavy atom. The molecule has 0 fully saturated rings. The lowest BCUT2D eigenvalue weighted by molar-refractivity contribution is 0.618. The van der Waals surface area contributed by atoms with Crippen LogP contribution in [-0.4, -0.2) is 9.44 Å². The van der Waals surface area contributed by atoms with Gasteiger partial charge in [-0.15, -0.1) is 0 Å². The Morgan fingerprint density at radius 2 is 1.16 bits per heavy atom. The molecule has 3 aromatic rings. The van der Waals surface area contributed by atoms with E-state index >= 15 is 0 Å². The van der Waals surface area contributed by atoms with Crippen LogP contribution in [0.15, 0.2) is 91.0 Å². The first-order chi connectivity index (χ1) is 12.3. The lowest BCUT2D eigenvalue weighted by Crippen LogP contribution is -2.38. The SMILES string of the molecule is S=C(SCc1ccccc1)N(Nc1ccccc1)Nc1ccccc1. The highest BCUT2D eigenvalue weighted by Crippen LogP contribution is 2.19. The fraction of sp³-hybridized carbons (Fsp3) is 0.0500. The zero-order chi connectivity index (χ0) is 17.3. The van der Waals surface area contributed by atoms with Crippen LogP contribution in [0.5, 0.6) is 0 Å². The van der Waals surface area contributed by atoms with Crippen LogP contribution in [0.1, 0.15) is 5.56 Å². The smallest absolute Gasteiger partial charge is 0.178 e. The van der Waals surface area contributed by atoms with Gasteiger partial charge in [0.2, 0.25) is 0 Å². The second-order valence-corrected chi connectivity index (χ2v) is 6.94. The van der Waals surface area contributed by atoms with E-state index in [1.54, 1.807) is 16.9 Å². The maximum Gasteiger partial charge on any atom is 0.178 e. The fourth-order valence-electron chi connectivity index (χ4n) is 2.19. The Morgan fingerprint density at radius 3 is 1.64 bits per heavy atom. The molecule has 0 bridgehead atoms. The second-order valence-electron chi connectivity index (χ2n) is 5.33. The molecule has 0 aliphatic rings. The van der Waals surface area contributed by atoms with Gasteiger partial charge in [-0.05, 0) is 42.0 Å². The number of anilines is 2. The third-order valence-electron chi connectivity index (χ3n) is 3.42. The molecule has 0 unspecified atom stereocenters. The Hall–Kier alpha value is -2.50. The standard InChI is InChI=1S/C20H19N3S2/c24-20(25-16-17-10-4-1-5-11-17)23(21-18-12-6-2-7-13-18)22-19-14-8-3-9-15-19/h1-15,21-22H,16H2. The monoisotopic (exact) mass is 365 g/mol. The maximum atomic E-state index is 5.64. The number of para-hydroxylation sites is 2. The third kappa shape index (κ3) is 5.52. The van der Waals surface area contributed by atoms with Gasteiger partial charge in [-0.2, -0.15) is 5.12 Å². The number of thiocarbonyl (C=S) groups is 1. The van der Waals surface area contributed by atoms with Crippen molar-refractivity contribution >= 4 is 39.7 Å². The van der Waals surface area contributed by atoms with E-state index in [0.717, 1.165) is 21.4 Å². The number of nitrogens with zero attached hydrogens (tertiary/aromatic N) is 1. The Balaban J connectivity index is 1.69. The quantitative estimate of drug-likeness (QED) is 0.440. The van der Waals surface area contributed by atoms with E-state index in [4.69, 9.17) is 12.2 Å². The number of hydrogen-bond acceptors (Lipinski definition) is 4. The van der Waals surface area contributed by atoms with E-state index in [2.05, 4.69) is 23.0 Å². The first kappa shape index (κ1) is 17.3. The molecule has 0 heterocycles. The molecule has 3 rings (SSSR count). The van der Waals surface area contributed by atoms with Gasteiger partial charge in [0.05, 0.1) is 11.4 Å². The second kappa shape index (κ2) is 9.11. The first-order valence-electron chi connectivity index (χ1n) is 7.95. The summed E-state index contributed by atoms with van der Waals surface area (Å²) in [5, 5.41) is 1.79. The van der Waals surface area contributed by atoms with Crippen LogP contribution in [-0.2, 0) is 5.75 Å². The van der Waals surface area contributed by atoms with E-state index in [1.807, 2.05) is 78.9 Å². The minimum atomic E-state index is 0.719. The molecule has 0 aliphatic heterocycles. The maximum absolute atomic E-state index is 5.64. The Bertz CT molecular complexity index is 738. The van der Waals surface area contributed by atoms with E-state index in [9.17, 15) is 0 Å². The van der Waals surface area contributed by atoms with Crippen LogP contribution in [0.25, 0.3) is 0 Å². The molecule has 0 aromatic heterocycles. The van der Waals surface area contributed by atoms with Gasteiger partial charge < -0.3 is 0 Å². The average Bonchev–Trinajstić information content (AvgIpc) is 2.68. The van der Waals surface area contributed by atoms with Crippen molar-refractivity contribution in [1.82, 2.24) is 5.12 Å². The van der Waals surface area contributed by atoms with E-state index in [-0.39, 0.29) is 0 Å². The molecule has 0 atom stereocenters. The van der Waals surface area contributed by atoms with Crippen LogP contribution in [0.3, 0.4) is 0 Å². The van der Waals surface area contributed by atoms with E-state index < -0.39 is 0 Å². The minimum absolute atomic E-state index is 0.719. The van der Waals surface area contributed by atoms with Crippen molar-refractivity contribution in [2.24, 2.45) is 0 Å². The van der Waals surface area contributed by atoms with E-state index in [1.165, 1.54) is 5.56 Å². The number of nitrogens with one attached hydrogen (secondary N) is 2. The largest absolute Gasteiger partial charge is 0.278 e. The topological polar surface area (TPSA) is 27.3 Å². The van der Waals surface area contributed by atoms with Crippen LogP contribution < -0.4 is 10.9 Å². The van der Waals surface area contributed by atoms with Gasteiger partial charge in [0.15, 0.2) is 4.32 Å². The Kier molecular flexibility index (Phi) is 6.31. The number of rotatable bonds is 6. The van der Waals surface area contributed by atoms with Crippen molar-refractivity contribution in [2.75, 3.05) is 10.9 Å². The summed E-state index contributed by atoms with van der Waals surface area (Å²) in [6, 6.07) is 30.3. The summed E-state index contributed by atoms with van der Waals surface area (Å²) in [7, 11) is 0. The van der Waals surface area contributed by atoms with Gasteiger partial charge in [-0.3, -0.25) is 10.9 Å². The number of hydrogen-bond donors (Lipinski definition) is 2. The lowest BCUT2D eigenvalue weighted by atomic mass is 10.2. The molecule has 3 aromatic carbocycles. The average molecular weight is 366 g/mol. The fourth-order valence-corrected chi connectivity index (χ4v) is 3.16. The van der Waals surface area contributed by atoms with Crippen LogP contribution in [0.2, 0.25) is 0 Å². The summed E-state index contributed by atoms with van der Waals surface area (Å²) in [6.45, 7) is 0. The summed E-state index contributed by atoms with van der Waals surface area (Å²) in [5.74, 6) is 0.823. The molecule has 0 radical (unpaired) electrons. The van der Waals surface area contributed by atoms with E-state index in [0.29, 0.717) is 0 Å². The van der Waals surface area contributed by atoms with Gasteiger partial charge in [0.1, 0.15) is 0 Å². The summed E-state index contributed by atoms with van der Waals surface area (Å²) in [6.07, 6.45) is 0. The predicted octanol–water partition coefficient (Wildman–Crippen LogP) is 5.56. The molecule has 3 nitrogen and oxygen atoms in total. The van der Waals surface area contributed by atoms with Gasteiger partial charge >= 0.3 is 0 Å². The molecular weight excluding hydrogens is 346 g/mol. The number of thioether (sulfide) groups is 1. The summed E-state index contributed by atoms with van der Waals surface area (Å²) >= 11 is 7.25. The molecule has 0 spiro atoms. The summed E-state index contributed by atoms with van der Waals surface area (Å²) in [4.78, 5) is 0. The number of hydrazine groups is 2. The molecule has 0 aliphatic carbocycles. The predicted molar refractivity (Wildman–Crippen MR) is 112 cm³/mol. The zero-order valence-electron chi connectivity index (χ0n) is 13.6. The highest BCUT2D eigenvalue weighted by molar-refractivity contribution is 8.22. The minimum Gasteiger partial charge on any atom is -0.278 e. The highest BCUT2D eigenvalue weighted by Gasteiger charge is 2.11. The van der Waals surface area contributed by atoms with Crippen molar-refractivity contribution in [2.45, 2.75) is 5.75 Å². The summed E-state index contributed by atoms with van der Waals surface area (Å²) < 4.78 is 0.719. The molecule has 0 amide bonds. The van der Waals surface area contributed by atoms with Crippen LogP contribution in [0, 0.1) is 0 Å². The van der Waals surface area contributed by atoms with Crippen molar-refractivity contribution in [3.63, 3.8) is 0 Å². The molecule has 0 saturated heterocycles. The van der Waals surface area contributed by atoms with Crippen molar-refractivity contribution in [3.8, 4) is 0 Å². The normalized spacial score (nSPS) is 10.1. The van der Waals surface area contributed by atoms with Crippen LogP contribution in [0.4, 0.5) is 11.4 Å². The molecule has 25 heavy (non-hydrogen) atoms. The van der Waals surface area contributed by atoms with Crippen molar-refractivity contribution in [1.29, 1.82) is 0 Å². The Labute approximate surface area is 158 Å². The van der Waals surface area contributed by atoms with Crippen molar-refractivity contribution in [3.05, 3.63) is 96.6 Å². The molecule has 126 valence electrons.